The van der Waals surface area contributed by atoms with Crippen molar-refractivity contribution in [2.45, 2.75) is 18.0 Å². The number of amides is 2. The first-order valence-corrected chi connectivity index (χ1v) is 11.7. The quantitative estimate of drug-likeness (QED) is 0.712. The number of piperazine rings is 1. The highest BCUT2D eigenvalue weighted by atomic mass is 32.2. The maximum absolute atomic E-state index is 12.5. The highest BCUT2D eigenvalue weighted by Gasteiger charge is 2.21. The van der Waals surface area contributed by atoms with E-state index in [1.165, 1.54) is 12.1 Å². The minimum atomic E-state index is -3.71. The van der Waals surface area contributed by atoms with Crippen molar-refractivity contribution < 1.29 is 22.7 Å². The highest BCUT2D eigenvalue weighted by Crippen LogP contribution is 2.31. The van der Waals surface area contributed by atoms with E-state index >= 15 is 0 Å². The Labute approximate surface area is 181 Å². The maximum atomic E-state index is 12.5. The van der Waals surface area contributed by atoms with Crippen molar-refractivity contribution in [2.75, 3.05) is 39.4 Å². The lowest BCUT2D eigenvalue weighted by Gasteiger charge is -2.34. The van der Waals surface area contributed by atoms with Crippen molar-refractivity contribution in [1.29, 1.82) is 0 Å². The first-order valence-electron chi connectivity index (χ1n) is 10.1. The number of nitrogens with two attached hydrogens (primary N) is 1. The minimum Gasteiger partial charge on any atom is -0.486 e. The molecule has 31 heavy (non-hydrogen) atoms. The summed E-state index contributed by atoms with van der Waals surface area (Å²) in [6.45, 7) is 5.11. The second-order valence-electron chi connectivity index (χ2n) is 7.59. The molecule has 3 N–H and O–H groups in total. The van der Waals surface area contributed by atoms with E-state index in [1.807, 2.05) is 18.2 Å². The zero-order valence-electron chi connectivity index (χ0n) is 17.1. The molecule has 0 spiro atoms. The molecule has 0 atom stereocenters. The van der Waals surface area contributed by atoms with Crippen molar-refractivity contribution in [2.24, 2.45) is 5.14 Å². The van der Waals surface area contributed by atoms with Crippen molar-refractivity contribution in [3.8, 4) is 11.5 Å². The first kappa shape index (κ1) is 21.4. The molecule has 2 aliphatic rings. The Morgan fingerprint density at radius 2 is 1.58 bits per heavy atom. The summed E-state index contributed by atoms with van der Waals surface area (Å²) in [4.78, 5) is 16.6. The maximum Gasteiger partial charge on any atom is 0.317 e. The van der Waals surface area contributed by atoms with Gasteiger partial charge in [0.05, 0.1) is 4.90 Å². The number of fused-ring (bicyclic) bond motifs is 1. The number of carbonyl (C=O) groups excluding carboxylic acids is 1. The number of nitrogens with zero attached hydrogens (tertiary/aromatic N) is 2. The molecule has 2 heterocycles. The molecular formula is C21H26N4O5S. The fourth-order valence-electron chi connectivity index (χ4n) is 3.64. The smallest absolute Gasteiger partial charge is 0.317 e. The van der Waals surface area contributed by atoms with Gasteiger partial charge in [-0.25, -0.2) is 18.4 Å². The summed E-state index contributed by atoms with van der Waals surface area (Å²) in [7, 11) is -3.71. The van der Waals surface area contributed by atoms with E-state index in [4.69, 9.17) is 14.6 Å². The van der Waals surface area contributed by atoms with Crippen LogP contribution in [0.15, 0.2) is 47.4 Å². The van der Waals surface area contributed by atoms with Crippen LogP contribution in [0.1, 0.15) is 11.1 Å². The summed E-state index contributed by atoms with van der Waals surface area (Å²) in [5.74, 6) is 1.58. The zero-order valence-corrected chi connectivity index (χ0v) is 17.9. The topological polar surface area (TPSA) is 114 Å². The molecule has 9 nitrogen and oxygen atoms in total. The van der Waals surface area contributed by atoms with Gasteiger partial charge in [-0.2, -0.15) is 0 Å². The summed E-state index contributed by atoms with van der Waals surface area (Å²) >= 11 is 0. The van der Waals surface area contributed by atoms with Crippen LogP contribution in [0, 0.1) is 0 Å². The van der Waals surface area contributed by atoms with Gasteiger partial charge < -0.3 is 19.7 Å². The van der Waals surface area contributed by atoms with E-state index in [-0.39, 0.29) is 10.9 Å². The van der Waals surface area contributed by atoms with E-state index in [1.54, 1.807) is 17.0 Å². The first-order chi connectivity index (χ1) is 14.9. The predicted octanol–water partition coefficient (Wildman–Crippen LogP) is 1.13. The molecule has 1 saturated heterocycles. The summed E-state index contributed by atoms with van der Waals surface area (Å²) < 4.78 is 33.8. The highest BCUT2D eigenvalue weighted by molar-refractivity contribution is 7.89. The largest absolute Gasteiger partial charge is 0.486 e. The Kier molecular flexibility index (Phi) is 6.30. The van der Waals surface area contributed by atoms with Gasteiger partial charge in [-0.15, -0.1) is 0 Å². The molecule has 1 fully saturated rings. The molecule has 2 aromatic rings. The van der Waals surface area contributed by atoms with Crippen molar-refractivity contribution in [3.63, 3.8) is 0 Å². The van der Waals surface area contributed by atoms with Gasteiger partial charge in [-0.1, -0.05) is 18.2 Å². The molecule has 10 heteroatoms. The van der Waals surface area contributed by atoms with Crippen LogP contribution < -0.4 is 19.9 Å². The number of benzene rings is 2. The molecule has 166 valence electrons. The van der Waals surface area contributed by atoms with Crippen LogP contribution >= 0.6 is 0 Å². The number of primary sulfonamides is 1. The van der Waals surface area contributed by atoms with E-state index in [2.05, 4.69) is 10.2 Å². The summed E-state index contributed by atoms with van der Waals surface area (Å²) in [5, 5.41) is 7.98. The van der Waals surface area contributed by atoms with Crippen LogP contribution in [0.5, 0.6) is 11.5 Å². The zero-order chi connectivity index (χ0) is 21.8. The summed E-state index contributed by atoms with van der Waals surface area (Å²) in [5.41, 5.74) is 1.96. The molecular weight excluding hydrogens is 420 g/mol. The molecule has 0 unspecified atom stereocenters. The normalized spacial score (nSPS) is 16.7. The molecule has 0 aliphatic carbocycles. The van der Waals surface area contributed by atoms with E-state index in [0.717, 1.165) is 42.3 Å². The number of ether oxygens (including phenoxy) is 2. The average molecular weight is 447 g/mol. The Morgan fingerprint density at radius 3 is 2.26 bits per heavy atom. The van der Waals surface area contributed by atoms with Crippen LogP contribution in [-0.4, -0.2) is 63.6 Å². The number of hydrogen-bond donors (Lipinski definition) is 2. The van der Waals surface area contributed by atoms with Gasteiger partial charge in [0.15, 0.2) is 11.5 Å². The second kappa shape index (κ2) is 9.13. The molecule has 0 radical (unpaired) electrons. The molecule has 0 saturated carbocycles. The fraction of sp³-hybridized carbons (Fsp3) is 0.381. The number of nitrogens with one attached hydrogen (secondary N) is 1. The van der Waals surface area contributed by atoms with Gasteiger partial charge in [0, 0.05) is 39.3 Å². The van der Waals surface area contributed by atoms with Crippen molar-refractivity contribution in [3.05, 3.63) is 53.6 Å². The second-order valence-corrected chi connectivity index (χ2v) is 9.15. The van der Waals surface area contributed by atoms with Crippen LogP contribution in [0.2, 0.25) is 0 Å². The lowest BCUT2D eigenvalue weighted by atomic mass is 10.1. The number of sulfonamides is 1. The van der Waals surface area contributed by atoms with E-state index < -0.39 is 10.0 Å². The SMILES string of the molecule is NS(=O)(=O)c1ccc(CNC(=O)N2CCN(Cc3ccc4c(c3)OCCO4)CC2)cc1. The van der Waals surface area contributed by atoms with Gasteiger partial charge in [-0.05, 0) is 35.4 Å². The number of urea groups is 1. The van der Waals surface area contributed by atoms with Crippen LogP contribution in [0.4, 0.5) is 4.79 Å². The average Bonchev–Trinajstić information content (AvgIpc) is 2.77. The van der Waals surface area contributed by atoms with Crippen molar-refractivity contribution >= 4 is 16.1 Å². The van der Waals surface area contributed by atoms with Crippen LogP contribution in [-0.2, 0) is 23.1 Å². The number of rotatable bonds is 5. The lowest BCUT2D eigenvalue weighted by molar-refractivity contribution is 0.134. The molecule has 4 rings (SSSR count). The van der Waals surface area contributed by atoms with E-state index in [9.17, 15) is 13.2 Å². The molecule has 0 aromatic heterocycles. The van der Waals surface area contributed by atoms with Crippen LogP contribution in [0.3, 0.4) is 0 Å². The van der Waals surface area contributed by atoms with Gasteiger partial charge in [0.25, 0.3) is 0 Å². The number of hydrogen-bond acceptors (Lipinski definition) is 6. The standard InChI is InChI=1S/C21H26N4O5S/c22-31(27,28)18-4-1-16(2-5-18)14-23-21(26)25-9-7-24(8-10-25)15-17-3-6-19-20(13-17)30-12-11-29-19/h1-6,13H,7-12,14-15H2,(H,23,26)(H2,22,27,28). The Balaban J connectivity index is 1.23. The predicted molar refractivity (Wildman–Crippen MR) is 114 cm³/mol. The summed E-state index contributed by atoms with van der Waals surface area (Å²) in [6.07, 6.45) is 0. The third-order valence-corrected chi connectivity index (χ3v) is 6.30. The Morgan fingerprint density at radius 1 is 0.935 bits per heavy atom. The minimum absolute atomic E-state index is 0.0525. The Bertz CT molecular complexity index is 1030. The van der Waals surface area contributed by atoms with Crippen LogP contribution in [0.25, 0.3) is 0 Å². The van der Waals surface area contributed by atoms with Crippen molar-refractivity contribution in [1.82, 2.24) is 15.1 Å². The monoisotopic (exact) mass is 446 g/mol. The van der Waals surface area contributed by atoms with E-state index in [0.29, 0.717) is 32.8 Å². The third-order valence-electron chi connectivity index (χ3n) is 5.37. The molecule has 0 bridgehead atoms. The number of carbonyl (C=O) groups is 1. The van der Waals surface area contributed by atoms with Gasteiger partial charge >= 0.3 is 6.03 Å². The van der Waals surface area contributed by atoms with Gasteiger partial charge in [0.1, 0.15) is 13.2 Å². The fourth-order valence-corrected chi connectivity index (χ4v) is 4.16. The Hall–Kier alpha value is -2.82. The molecule has 2 amide bonds. The molecule has 2 aliphatic heterocycles. The van der Waals surface area contributed by atoms with Gasteiger partial charge in [0.2, 0.25) is 10.0 Å². The third kappa shape index (κ3) is 5.46. The lowest BCUT2D eigenvalue weighted by Crippen LogP contribution is -2.51. The summed E-state index contributed by atoms with van der Waals surface area (Å²) in [6, 6.07) is 12.1. The van der Waals surface area contributed by atoms with Gasteiger partial charge in [-0.3, -0.25) is 4.90 Å². The molecule has 2 aromatic carbocycles.